The van der Waals surface area contributed by atoms with Crippen molar-refractivity contribution in [2.45, 2.75) is 11.4 Å². The van der Waals surface area contributed by atoms with Crippen LogP contribution >= 0.6 is 27.5 Å². The van der Waals surface area contributed by atoms with Crippen molar-refractivity contribution >= 4 is 50.4 Å². The third kappa shape index (κ3) is 2.04. The molecule has 2 unspecified atom stereocenters. The van der Waals surface area contributed by atoms with Crippen LogP contribution in [0.2, 0.25) is 0 Å². The Hall–Kier alpha value is -1.85. The first-order valence-corrected chi connectivity index (χ1v) is 8.05. The maximum atomic E-state index is 12.2. The second-order valence-electron chi connectivity index (χ2n) is 5.18. The fraction of sp³-hybridized carbons (Fsp3) is 0.125. The minimum atomic E-state index is -0.561. The molecule has 0 bridgehead atoms. The molecule has 0 aliphatic carbocycles. The van der Waals surface area contributed by atoms with Gasteiger partial charge in [-0.2, -0.15) is 0 Å². The molecule has 1 aromatic heterocycles. The number of nitrogens with zero attached hydrogens (tertiary/aromatic N) is 2. The minimum Gasteiger partial charge on any atom is -0.324 e. The molecule has 0 saturated carbocycles. The second kappa shape index (κ2) is 5.11. The van der Waals surface area contributed by atoms with Gasteiger partial charge in [-0.15, -0.1) is 11.6 Å². The van der Waals surface area contributed by atoms with Crippen molar-refractivity contribution in [1.29, 1.82) is 0 Å². The van der Waals surface area contributed by atoms with Crippen LogP contribution in [-0.2, 0) is 4.79 Å². The monoisotopic (exact) mass is 375 g/mol. The predicted octanol–water partition coefficient (Wildman–Crippen LogP) is 4.02. The summed E-state index contributed by atoms with van der Waals surface area (Å²) >= 11 is 9.65. The molecule has 3 aromatic rings. The molecule has 1 aliphatic rings. The Balaban J connectivity index is 1.75. The number of alkyl halides is 1. The van der Waals surface area contributed by atoms with E-state index in [2.05, 4.69) is 25.9 Å². The van der Waals surface area contributed by atoms with Gasteiger partial charge in [0.25, 0.3) is 5.91 Å². The number of benzene rings is 2. The number of carbonyl (C=O) groups excluding carboxylic acids is 1. The molecular formula is C16H11BrClN3O. The average molecular weight is 377 g/mol. The number of amides is 1. The van der Waals surface area contributed by atoms with Crippen LogP contribution in [0.4, 0.5) is 5.95 Å². The number of aromatic nitrogens is 2. The summed E-state index contributed by atoms with van der Waals surface area (Å²) in [7, 11) is 0. The standard InChI is InChI=1S/C16H11BrClN3O/c17-10-7-5-9(6-8-10)14-13(18)15(22)21(14)16-19-11-3-1-2-4-12(11)20-16/h1-8,13-14H,(H,19,20). The first-order valence-electron chi connectivity index (χ1n) is 6.82. The average Bonchev–Trinajstić information content (AvgIpc) is 2.95. The molecule has 1 amide bonds. The number of halogens is 2. The maximum Gasteiger partial charge on any atom is 0.250 e. The van der Waals surface area contributed by atoms with Gasteiger partial charge in [-0.3, -0.25) is 9.69 Å². The topological polar surface area (TPSA) is 49.0 Å². The summed E-state index contributed by atoms with van der Waals surface area (Å²) in [4.78, 5) is 21.5. The summed E-state index contributed by atoms with van der Waals surface area (Å²) in [6.45, 7) is 0. The lowest BCUT2D eigenvalue weighted by atomic mass is 9.94. The van der Waals surface area contributed by atoms with Gasteiger partial charge in [0.2, 0.25) is 5.95 Å². The number of imidazole rings is 1. The molecule has 1 fully saturated rings. The first kappa shape index (κ1) is 13.8. The van der Waals surface area contributed by atoms with E-state index in [4.69, 9.17) is 11.6 Å². The fourth-order valence-corrected chi connectivity index (χ4v) is 3.35. The van der Waals surface area contributed by atoms with E-state index >= 15 is 0 Å². The fourth-order valence-electron chi connectivity index (χ4n) is 2.72. The summed E-state index contributed by atoms with van der Waals surface area (Å²) in [5, 5.41) is -0.561. The van der Waals surface area contributed by atoms with E-state index in [1.54, 1.807) is 4.90 Å². The summed E-state index contributed by atoms with van der Waals surface area (Å²) < 4.78 is 0.989. The van der Waals surface area contributed by atoms with Crippen LogP contribution in [0, 0.1) is 0 Å². The van der Waals surface area contributed by atoms with Gasteiger partial charge in [-0.25, -0.2) is 4.98 Å². The highest BCUT2D eigenvalue weighted by Crippen LogP contribution is 2.41. The molecule has 0 radical (unpaired) electrons. The van der Waals surface area contributed by atoms with E-state index in [0.717, 1.165) is 21.1 Å². The maximum absolute atomic E-state index is 12.2. The lowest BCUT2D eigenvalue weighted by Crippen LogP contribution is -2.57. The lowest BCUT2D eigenvalue weighted by molar-refractivity contribution is -0.123. The number of para-hydroxylation sites is 2. The minimum absolute atomic E-state index is 0.131. The number of rotatable bonds is 2. The molecule has 22 heavy (non-hydrogen) atoms. The zero-order chi connectivity index (χ0) is 15.3. The van der Waals surface area contributed by atoms with E-state index < -0.39 is 5.38 Å². The Labute approximate surface area is 140 Å². The van der Waals surface area contributed by atoms with Gasteiger partial charge < -0.3 is 4.98 Å². The Morgan fingerprint density at radius 1 is 1.14 bits per heavy atom. The van der Waals surface area contributed by atoms with Crippen LogP contribution < -0.4 is 4.90 Å². The number of fused-ring (bicyclic) bond motifs is 1. The van der Waals surface area contributed by atoms with E-state index in [9.17, 15) is 4.79 Å². The van der Waals surface area contributed by atoms with Gasteiger partial charge in [0.05, 0.1) is 17.1 Å². The Morgan fingerprint density at radius 2 is 1.86 bits per heavy atom. The molecule has 2 heterocycles. The summed E-state index contributed by atoms with van der Waals surface area (Å²) in [5.41, 5.74) is 2.72. The molecule has 0 spiro atoms. The highest BCUT2D eigenvalue weighted by Gasteiger charge is 2.49. The van der Waals surface area contributed by atoms with E-state index in [0.29, 0.717) is 5.95 Å². The van der Waals surface area contributed by atoms with E-state index in [1.807, 2.05) is 48.5 Å². The van der Waals surface area contributed by atoms with Crippen molar-refractivity contribution in [3.8, 4) is 0 Å². The van der Waals surface area contributed by atoms with Gasteiger partial charge >= 0.3 is 0 Å². The van der Waals surface area contributed by atoms with Crippen molar-refractivity contribution in [2.75, 3.05) is 4.90 Å². The molecule has 6 heteroatoms. The van der Waals surface area contributed by atoms with Crippen LogP contribution in [-0.4, -0.2) is 21.3 Å². The first-order chi connectivity index (χ1) is 10.6. The summed E-state index contributed by atoms with van der Waals surface area (Å²) in [5.74, 6) is 0.407. The van der Waals surface area contributed by atoms with Gasteiger partial charge in [0.1, 0.15) is 5.38 Å². The molecular weight excluding hydrogens is 366 g/mol. The molecule has 4 rings (SSSR count). The third-order valence-corrected chi connectivity index (χ3v) is 4.80. The lowest BCUT2D eigenvalue weighted by Gasteiger charge is -2.42. The van der Waals surface area contributed by atoms with Gasteiger partial charge in [-0.1, -0.05) is 40.2 Å². The number of carbonyl (C=O) groups is 1. The Kier molecular flexibility index (Phi) is 3.20. The molecule has 2 atom stereocenters. The quantitative estimate of drug-likeness (QED) is 0.542. The molecule has 1 saturated heterocycles. The second-order valence-corrected chi connectivity index (χ2v) is 6.57. The van der Waals surface area contributed by atoms with Crippen LogP contribution in [0.1, 0.15) is 11.6 Å². The van der Waals surface area contributed by atoms with Crippen LogP contribution in [0.3, 0.4) is 0 Å². The van der Waals surface area contributed by atoms with Crippen LogP contribution in [0.25, 0.3) is 11.0 Å². The predicted molar refractivity (Wildman–Crippen MR) is 90.1 cm³/mol. The van der Waals surface area contributed by atoms with Gasteiger partial charge in [0, 0.05) is 4.47 Å². The zero-order valence-electron chi connectivity index (χ0n) is 11.3. The van der Waals surface area contributed by atoms with E-state index in [-0.39, 0.29) is 11.9 Å². The summed E-state index contributed by atoms with van der Waals surface area (Å²) in [6, 6.07) is 15.3. The smallest absolute Gasteiger partial charge is 0.250 e. The SMILES string of the molecule is O=C1C(Cl)C(c2ccc(Br)cc2)N1c1nc2ccccc2[nH]1. The normalized spacial score (nSPS) is 21.2. The number of aromatic amines is 1. The van der Waals surface area contributed by atoms with Crippen LogP contribution in [0.15, 0.2) is 53.0 Å². The van der Waals surface area contributed by atoms with Crippen molar-refractivity contribution in [1.82, 2.24) is 9.97 Å². The largest absolute Gasteiger partial charge is 0.324 e. The number of anilines is 1. The number of H-pyrrole nitrogens is 1. The Morgan fingerprint density at radius 3 is 2.59 bits per heavy atom. The molecule has 110 valence electrons. The van der Waals surface area contributed by atoms with Crippen molar-refractivity contribution < 1.29 is 4.79 Å². The third-order valence-electron chi connectivity index (χ3n) is 3.85. The molecule has 1 aliphatic heterocycles. The number of nitrogens with one attached hydrogen (secondary N) is 1. The molecule has 1 N–H and O–H groups in total. The summed E-state index contributed by atoms with van der Waals surface area (Å²) in [6.07, 6.45) is 0. The molecule has 2 aromatic carbocycles. The van der Waals surface area contributed by atoms with Gasteiger partial charge in [-0.05, 0) is 29.8 Å². The van der Waals surface area contributed by atoms with Crippen molar-refractivity contribution in [3.63, 3.8) is 0 Å². The number of β-lactam (4-membered cyclic amide) rings is 1. The highest BCUT2D eigenvalue weighted by atomic mass is 79.9. The van der Waals surface area contributed by atoms with E-state index in [1.165, 1.54) is 0 Å². The Bertz CT molecular complexity index is 828. The van der Waals surface area contributed by atoms with Gasteiger partial charge in [0.15, 0.2) is 0 Å². The van der Waals surface area contributed by atoms with Crippen molar-refractivity contribution in [3.05, 3.63) is 58.6 Å². The van der Waals surface area contributed by atoms with Crippen LogP contribution in [0.5, 0.6) is 0 Å². The highest BCUT2D eigenvalue weighted by molar-refractivity contribution is 9.10. The number of hydrogen-bond acceptors (Lipinski definition) is 2. The number of hydrogen-bond donors (Lipinski definition) is 1. The zero-order valence-corrected chi connectivity index (χ0v) is 13.7. The molecule has 4 nitrogen and oxygen atoms in total. The van der Waals surface area contributed by atoms with Crippen molar-refractivity contribution in [2.24, 2.45) is 0 Å².